The van der Waals surface area contributed by atoms with E-state index in [0.717, 1.165) is 11.1 Å². The highest BCUT2D eigenvalue weighted by atomic mass is 32.2. The number of ether oxygens (including phenoxy) is 1. The number of anilines is 1. The molecule has 3 N–H and O–H groups in total. The van der Waals surface area contributed by atoms with Crippen molar-refractivity contribution in [2.75, 3.05) is 12.0 Å². The lowest BCUT2D eigenvalue weighted by Crippen LogP contribution is -2.32. The normalized spacial score (nSPS) is 11.0. The lowest BCUT2D eigenvalue weighted by molar-refractivity contribution is 0.234. The van der Waals surface area contributed by atoms with E-state index in [1.807, 2.05) is 32.0 Å². The number of carbonyl (C=O) groups is 1. The maximum atomic E-state index is 11.7. The number of rotatable bonds is 5. The molecule has 0 atom stereocenters. The number of hydrogen-bond donors (Lipinski definition) is 3. The maximum Gasteiger partial charge on any atom is 0.321 e. The van der Waals surface area contributed by atoms with Gasteiger partial charge in [0.25, 0.3) is 10.1 Å². The summed E-state index contributed by atoms with van der Waals surface area (Å²) < 4.78 is 36.2. The van der Waals surface area contributed by atoms with Crippen LogP contribution in [0, 0.1) is 13.8 Å². The minimum Gasteiger partial charge on any atom is -0.473 e. The van der Waals surface area contributed by atoms with Crippen molar-refractivity contribution < 1.29 is 22.5 Å². The molecular weight excluding hydrogens is 332 g/mol. The quantitative estimate of drug-likeness (QED) is 0.568. The van der Waals surface area contributed by atoms with E-state index in [-0.39, 0.29) is 11.6 Å². The molecule has 0 aliphatic rings. The Hall–Kier alpha value is -2.58. The molecule has 2 aromatic carbocycles. The Kier molecular flexibility index (Phi) is 5.42. The van der Waals surface area contributed by atoms with Gasteiger partial charge in [0.15, 0.2) is 6.73 Å². The molecular formula is C16H18N2O5S. The average molecular weight is 350 g/mol. The van der Waals surface area contributed by atoms with Crippen LogP contribution in [-0.4, -0.2) is 25.7 Å². The Balaban J connectivity index is 1.84. The molecule has 24 heavy (non-hydrogen) atoms. The van der Waals surface area contributed by atoms with Crippen LogP contribution in [0.1, 0.15) is 11.1 Å². The predicted octanol–water partition coefficient (Wildman–Crippen LogP) is 2.71. The second-order valence-corrected chi connectivity index (χ2v) is 6.59. The molecule has 0 spiro atoms. The van der Waals surface area contributed by atoms with Gasteiger partial charge in [0.1, 0.15) is 5.75 Å². The van der Waals surface area contributed by atoms with Gasteiger partial charge in [-0.05, 0) is 61.4 Å². The molecule has 0 aromatic heterocycles. The molecule has 7 nitrogen and oxygen atoms in total. The summed E-state index contributed by atoms with van der Waals surface area (Å²) in [4.78, 5) is 11.5. The van der Waals surface area contributed by atoms with E-state index >= 15 is 0 Å². The van der Waals surface area contributed by atoms with Gasteiger partial charge in [0, 0.05) is 5.69 Å². The number of hydrogen-bond acceptors (Lipinski definition) is 4. The van der Waals surface area contributed by atoms with Crippen molar-refractivity contribution in [2.24, 2.45) is 0 Å². The van der Waals surface area contributed by atoms with E-state index in [9.17, 15) is 13.2 Å². The van der Waals surface area contributed by atoms with E-state index in [4.69, 9.17) is 9.29 Å². The summed E-state index contributed by atoms with van der Waals surface area (Å²) in [5.74, 6) is 0.649. The Morgan fingerprint density at radius 1 is 1.08 bits per heavy atom. The van der Waals surface area contributed by atoms with Gasteiger partial charge in [0.2, 0.25) is 0 Å². The fourth-order valence-corrected chi connectivity index (χ4v) is 2.35. The van der Waals surface area contributed by atoms with Crippen LogP contribution >= 0.6 is 0 Å². The second kappa shape index (κ2) is 7.33. The summed E-state index contributed by atoms with van der Waals surface area (Å²) in [6.07, 6.45) is 0. The first-order valence-corrected chi connectivity index (χ1v) is 8.52. The zero-order valence-electron chi connectivity index (χ0n) is 13.2. The van der Waals surface area contributed by atoms with E-state index in [1.54, 1.807) is 0 Å². The second-order valence-electron chi connectivity index (χ2n) is 5.17. The molecule has 0 saturated carbocycles. The molecule has 0 heterocycles. The molecule has 0 radical (unpaired) electrons. The number of aryl methyl sites for hydroxylation is 2. The monoisotopic (exact) mass is 350 g/mol. The zero-order valence-corrected chi connectivity index (χ0v) is 14.1. The minimum atomic E-state index is -4.25. The van der Waals surface area contributed by atoms with Crippen LogP contribution in [0.4, 0.5) is 10.5 Å². The molecule has 0 saturated heterocycles. The highest BCUT2D eigenvalue weighted by molar-refractivity contribution is 7.85. The number of carbonyl (C=O) groups excluding carboxylic acids is 1. The standard InChI is InChI=1S/C16H18N2O5S/c1-11-3-6-14(9-12(11)2)23-10-17-16(19)18-13-4-7-15(8-5-13)24(20,21)22/h3-9H,10H2,1-2H3,(H2,17,18,19)(H,20,21,22). The summed E-state index contributed by atoms with van der Waals surface area (Å²) in [7, 11) is -4.25. The van der Waals surface area contributed by atoms with Gasteiger partial charge in [0.05, 0.1) is 4.90 Å². The Morgan fingerprint density at radius 2 is 1.75 bits per heavy atom. The van der Waals surface area contributed by atoms with Crippen molar-refractivity contribution in [3.05, 3.63) is 53.6 Å². The molecule has 0 aliphatic heterocycles. The highest BCUT2D eigenvalue weighted by Gasteiger charge is 2.09. The summed E-state index contributed by atoms with van der Waals surface area (Å²) in [5, 5.41) is 5.04. The van der Waals surface area contributed by atoms with Gasteiger partial charge >= 0.3 is 6.03 Å². The molecule has 128 valence electrons. The number of nitrogens with one attached hydrogen (secondary N) is 2. The van der Waals surface area contributed by atoms with Gasteiger partial charge in [-0.1, -0.05) is 6.07 Å². The van der Waals surface area contributed by atoms with E-state index < -0.39 is 16.1 Å². The SMILES string of the molecule is Cc1ccc(OCNC(=O)Nc2ccc(S(=O)(=O)O)cc2)cc1C. The van der Waals surface area contributed by atoms with Gasteiger partial charge in [-0.3, -0.25) is 4.55 Å². The van der Waals surface area contributed by atoms with E-state index in [1.165, 1.54) is 24.3 Å². The number of benzene rings is 2. The third-order valence-corrected chi connectivity index (χ3v) is 4.23. The summed E-state index contributed by atoms with van der Waals surface area (Å²) in [6, 6.07) is 10.2. The molecule has 0 unspecified atom stereocenters. The van der Waals surface area contributed by atoms with Crippen LogP contribution in [0.25, 0.3) is 0 Å². The van der Waals surface area contributed by atoms with Gasteiger partial charge in [-0.2, -0.15) is 8.42 Å². The minimum absolute atomic E-state index is 0.0164. The largest absolute Gasteiger partial charge is 0.473 e. The number of amides is 2. The lowest BCUT2D eigenvalue weighted by Gasteiger charge is -2.10. The third kappa shape index (κ3) is 4.97. The molecule has 2 aromatic rings. The zero-order chi connectivity index (χ0) is 17.7. The first-order chi connectivity index (χ1) is 11.3. The van der Waals surface area contributed by atoms with E-state index in [2.05, 4.69) is 10.6 Å². The summed E-state index contributed by atoms with van der Waals surface area (Å²) in [5.41, 5.74) is 2.63. The molecule has 0 bridgehead atoms. The number of urea groups is 1. The topological polar surface area (TPSA) is 105 Å². The van der Waals surface area contributed by atoms with Crippen molar-refractivity contribution in [1.82, 2.24) is 5.32 Å². The fourth-order valence-electron chi connectivity index (χ4n) is 1.87. The molecule has 0 fully saturated rings. The van der Waals surface area contributed by atoms with Crippen molar-refractivity contribution >= 4 is 21.8 Å². The van der Waals surface area contributed by atoms with Gasteiger partial charge < -0.3 is 15.4 Å². The van der Waals surface area contributed by atoms with Crippen LogP contribution in [0.2, 0.25) is 0 Å². The summed E-state index contributed by atoms with van der Waals surface area (Å²) in [6.45, 7) is 3.95. The van der Waals surface area contributed by atoms with Crippen LogP contribution < -0.4 is 15.4 Å². The Labute approximate surface area is 140 Å². The maximum absolute atomic E-state index is 11.7. The smallest absolute Gasteiger partial charge is 0.321 e. The van der Waals surface area contributed by atoms with Gasteiger partial charge in [-0.25, -0.2) is 4.79 Å². The summed E-state index contributed by atoms with van der Waals surface area (Å²) >= 11 is 0. The fraction of sp³-hybridized carbons (Fsp3) is 0.188. The van der Waals surface area contributed by atoms with Crippen molar-refractivity contribution in [2.45, 2.75) is 18.7 Å². The Bertz CT molecular complexity index is 832. The van der Waals surface area contributed by atoms with Crippen LogP contribution in [0.5, 0.6) is 5.75 Å². The lowest BCUT2D eigenvalue weighted by atomic mass is 10.1. The van der Waals surface area contributed by atoms with E-state index in [0.29, 0.717) is 11.4 Å². The molecule has 0 aliphatic carbocycles. The van der Waals surface area contributed by atoms with Gasteiger partial charge in [-0.15, -0.1) is 0 Å². The predicted molar refractivity (Wildman–Crippen MR) is 89.8 cm³/mol. The molecule has 8 heteroatoms. The third-order valence-electron chi connectivity index (χ3n) is 3.36. The van der Waals surface area contributed by atoms with Crippen molar-refractivity contribution in [3.8, 4) is 5.75 Å². The van der Waals surface area contributed by atoms with Crippen molar-refractivity contribution in [1.29, 1.82) is 0 Å². The molecule has 2 rings (SSSR count). The van der Waals surface area contributed by atoms with Crippen LogP contribution in [-0.2, 0) is 10.1 Å². The van der Waals surface area contributed by atoms with Crippen molar-refractivity contribution in [3.63, 3.8) is 0 Å². The Morgan fingerprint density at radius 3 is 2.33 bits per heavy atom. The highest BCUT2D eigenvalue weighted by Crippen LogP contribution is 2.16. The van der Waals surface area contributed by atoms with Crippen LogP contribution in [0.3, 0.4) is 0 Å². The first-order valence-electron chi connectivity index (χ1n) is 7.08. The molecule has 2 amide bonds. The average Bonchev–Trinajstić information content (AvgIpc) is 2.50. The first kappa shape index (κ1) is 17.8. The van der Waals surface area contributed by atoms with Crippen LogP contribution in [0.15, 0.2) is 47.4 Å².